The number of carbonyl (C=O) groups excluding carboxylic acids is 1. The average Bonchev–Trinajstić information content (AvgIpc) is 3.30. The number of nitriles is 1. The summed E-state index contributed by atoms with van der Waals surface area (Å²) in [6.07, 6.45) is 4.13. The lowest BCUT2D eigenvalue weighted by atomic mass is 10.1. The summed E-state index contributed by atoms with van der Waals surface area (Å²) >= 11 is 1.50. The molecule has 1 amide bonds. The summed E-state index contributed by atoms with van der Waals surface area (Å²) in [5.74, 6) is 0.586. The van der Waals surface area contributed by atoms with Crippen molar-refractivity contribution in [2.45, 2.75) is 44.9 Å². The molecule has 8 heteroatoms. The first kappa shape index (κ1) is 19.2. The molecule has 1 aliphatic rings. The zero-order valence-electron chi connectivity index (χ0n) is 15.7. The van der Waals surface area contributed by atoms with Gasteiger partial charge in [0.2, 0.25) is 11.9 Å². The number of aromatic nitrogens is 3. The Morgan fingerprint density at radius 1 is 1.37 bits per heavy atom. The number of rotatable bonds is 8. The van der Waals surface area contributed by atoms with E-state index in [9.17, 15) is 10.1 Å². The Morgan fingerprint density at radius 2 is 2.22 bits per heavy atom. The molecule has 1 saturated heterocycles. The highest BCUT2D eigenvalue weighted by atomic mass is 32.1. The number of thiazole rings is 1. The van der Waals surface area contributed by atoms with Crippen LogP contribution in [0.3, 0.4) is 0 Å². The Bertz CT molecular complexity index is 828. The Hall–Kier alpha value is -2.53. The molecule has 3 heterocycles. The number of hydrogen-bond acceptors (Lipinski definition) is 7. The van der Waals surface area contributed by atoms with Crippen LogP contribution in [-0.2, 0) is 4.79 Å². The molecule has 1 atom stereocenters. The SMILES string of the molecule is CC(C)c1csc(C(C#N)c2ccnc(NCCCN3CCCC3=O)n2)n1. The van der Waals surface area contributed by atoms with Gasteiger partial charge in [-0.1, -0.05) is 13.8 Å². The smallest absolute Gasteiger partial charge is 0.222 e. The Balaban J connectivity index is 1.60. The van der Waals surface area contributed by atoms with E-state index in [0.717, 1.165) is 36.6 Å². The predicted molar refractivity (Wildman–Crippen MR) is 105 cm³/mol. The van der Waals surface area contributed by atoms with Crippen LogP contribution in [0.1, 0.15) is 61.3 Å². The minimum Gasteiger partial charge on any atom is -0.354 e. The fourth-order valence-corrected chi connectivity index (χ4v) is 4.01. The number of amides is 1. The summed E-state index contributed by atoms with van der Waals surface area (Å²) in [6, 6.07) is 4.07. The number of nitrogens with one attached hydrogen (secondary N) is 1. The highest BCUT2D eigenvalue weighted by Gasteiger charge is 2.21. The fourth-order valence-electron chi connectivity index (χ4n) is 2.98. The molecule has 0 saturated carbocycles. The summed E-state index contributed by atoms with van der Waals surface area (Å²) < 4.78 is 0. The molecular weight excluding hydrogens is 360 g/mol. The molecule has 1 aliphatic heterocycles. The molecule has 2 aromatic rings. The lowest BCUT2D eigenvalue weighted by molar-refractivity contribution is -0.127. The van der Waals surface area contributed by atoms with Crippen LogP contribution in [0.2, 0.25) is 0 Å². The van der Waals surface area contributed by atoms with E-state index in [1.165, 1.54) is 11.3 Å². The first-order valence-electron chi connectivity index (χ1n) is 9.28. The van der Waals surface area contributed by atoms with Crippen molar-refractivity contribution in [3.63, 3.8) is 0 Å². The Labute approximate surface area is 163 Å². The van der Waals surface area contributed by atoms with Crippen LogP contribution in [0, 0.1) is 11.3 Å². The highest BCUT2D eigenvalue weighted by molar-refractivity contribution is 7.09. The van der Waals surface area contributed by atoms with Gasteiger partial charge in [0.1, 0.15) is 10.9 Å². The molecule has 0 bridgehead atoms. The van der Waals surface area contributed by atoms with Gasteiger partial charge in [0.15, 0.2) is 0 Å². The van der Waals surface area contributed by atoms with E-state index in [1.54, 1.807) is 12.3 Å². The largest absolute Gasteiger partial charge is 0.354 e. The molecule has 0 aromatic carbocycles. The lowest BCUT2D eigenvalue weighted by Crippen LogP contribution is -2.27. The second-order valence-corrected chi connectivity index (χ2v) is 7.79. The molecule has 2 aromatic heterocycles. The maximum absolute atomic E-state index is 11.6. The van der Waals surface area contributed by atoms with Crippen LogP contribution in [0.4, 0.5) is 5.95 Å². The van der Waals surface area contributed by atoms with Gasteiger partial charge in [0.05, 0.1) is 17.5 Å². The van der Waals surface area contributed by atoms with Crippen molar-refractivity contribution in [2.24, 2.45) is 0 Å². The van der Waals surface area contributed by atoms with Gasteiger partial charge in [-0.3, -0.25) is 4.79 Å². The molecule has 3 rings (SSSR count). The maximum Gasteiger partial charge on any atom is 0.222 e. The van der Waals surface area contributed by atoms with Crippen LogP contribution in [0.15, 0.2) is 17.6 Å². The second-order valence-electron chi connectivity index (χ2n) is 6.90. The van der Waals surface area contributed by atoms with Gasteiger partial charge in [-0.2, -0.15) is 5.26 Å². The van der Waals surface area contributed by atoms with Gasteiger partial charge in [-0.05, 0) is 24.8 Å². The molecule has 1 unspecified atom stereocenters. The average molecular weight is 385 g/mol. The monoisotopic (exact) mass is 384 g/mol. The van der Waals surface area contributed by atoms with Crippen molar-refractivity contribution in [1.82, 2.24) is 19.9 Å². The van der Waals surface area contributed by atoms with E-state index in [0.29, 0.717) is 30.5 Å². The summed E-state index contributed by atoms with van der Waals surface area (Å²) in [7, 11) is 0. The standard InChI is InChI=1S/C19H24N6OS/c1-13(2)16-12-27-18(23-16)14(11-20)15-6-8-22-19(24-15)21-7-4-10-25-9-3-5-17(25)26/h6,8,12-14H,3-5,7,9-10H2,1-2H3,(H,21,22,24). The second kappa shape index (κ2) is 8.91. The summed E-state index contributed by atoms with van der Waals surface area (Å²) in [4.78, 5) is 26.8. The van der Waals surface area contributed by atoms with E-state index >= 15 is 0 Å². The molecule has 7 nitrogen and oxygen atoms in total. The summed E-state index contributed by atoms with van der Waals surface area (Å²) in [5, 5.41) is 15.6. The fraction of sp³-hybridized carbons (Fsp3) is 0.526. The third-order valence-corrected chi connectivity index (χ3v) is 5.47. The molecule has 1 fully saturated rings. The number of likely N-dealkylation sites (tertiary alicyclic amines) is 1. The third-order valence-electron chi connectivity index (χ3n) is 4.54. The highest BCUT2D eigenvalue weighted by Crippen LogP contribution is 2.28. The molecule has 1 N–H and O–H groups in total. The van der Waals surface area contributed by atoms with Crippen molar-refractivity contribution in [3.05, 3.63) is 34.0 Å². The van der Waals surface area contributed by atoms with Gasteiger partial charge < -0.3 is 10.2 Å². The number of carbonyl (C=O) groups is 1. The van der Waals surface area contributed by atoms with Gasteiger partial charge in [-0.25, -0.2) is 15.0 Å². The van der Waals surface area contributed by atoms with Crippen molar-refractivity contribution < 1.29 is 4.79 Å². The van der Waals surface area contributed by atoms with Gasteiger partial charge >= 0.3 is 0 Å². The number of anilines is 1. The molecule has 27 heavy (non-hydrogen) atoms. The van der Waals surface area contributed by atoms with Crippen LogP contribution in [0.5, 0.6) is 0 Å². The topological polar surface area (TPSA) is 94.8 Å². The molecule has 0 radical (unpaired) electrons. The lowest BCUT2D eigenvalue weighted by Gasteiger charge is -2.15. The Morgan fingerprint density at radius 3 is 2.89 bits per heavy atom. The van der Waals surface area contributed by atoms with E-state index in [4.69, 9.17) is 0 Å². The molecular formula is C19H24N6OS. The minimum absolute atomic E-state index is 0.245. The van der Waals surface area contributed by atoms with Crippen molar-refractivity contribution in [3.8, 4) is 6.07 Å². The maximum atomic E-state index is 11.6. The van der Waals surface area contributed by atoms with Crippen LogP contribution in [0.25, 0.3) is 0 Å². The summed E-state index contributed by atoms with van der Waals surface area (Å²) in [5.41, 5.74) is 1.65. The number of nitrogens with zero attached hydrogens (tertiary/aromatic N) is 5. The third kappa shape index (κ3) is 4.80. The zero-order chi connectivity index (χ0) is 19.2. The minimum atomic E-state index is -0.492. The quantitative estimate of drug-likeness (QED) is 0.703. The predicted octanol–water partition coefficient (Wildman–Crippen LogP) is 3.14. The van der Waals surface area contributed by atoms with E-state index < -0.39 is 5.92 Å². The van der Waals surface area contributed by atoms with E-state index in [2.05, 4.69) is 40.2 Å². The van der Waals surface area contributed by atoms with E-state index in [-0.39, 0.29) is 5.91 Å². The van der Waals surface area contributed by atoms with Crippen molar-refractivity contribution in [1.29, 1.82) is 5.26 Å². The van der Waals surface area contributed by atoms with Crippen LogP contribution < -0.4 is 5.32 Å². The van der Waals surface area contributed by atoms with Gasteiger partial charge in [0, 0.05) is 37.6 Å². The molecule has 0 spiro atoms. The zero-order valence-corrected chi connectivity index (χ0v) is 16.5. The van der Waals surface area contributed by atoms with Crippen molar-refractivity contribution >= 4 is 23.2 Å². The van der Waals surface area contributed by atoms with Gasteiger partial charge in [-0.15, -0.1) is 11.3 Å². The summed E-state index contributed by atoms with van der Waals surface area (Å²) in [6.45, 7) is 6.47. The first-order valence-corrected chi connectivity index (χ1v) is 10.2. The molecule has 142 valence electrons. The van der Waals surface area contributed by atoms with Crippen molar-refractivity contribution in [2.75, 3.05) is 25.0 Å². The normalized spacial score (nSPS) is 15.2. The van der Waals surface area contributed by atoms with Crippen LogP contribution in [-0.4, -0.2) is 45.4 Å². The number of hydrogen-bond donors (Lipinski definition) is 1. The molecule has 0 aliphatic carbocycles. The van der Waals surface area contributed by atoms with Gasteiger partial charge in [0.25, 0.3) is 0 Å². The Kier molecular flexibility index (Phi) is 6.35. The van der Waals surface area contributed by atoms with Crippen LogP contribution >= 0.6 is 11.3 Å². The first-order chi connectivity index (χ1) is 13.1. The van der Waals surface area contributed by atoms with E-state index in [1.807, 2.05) is 10.3 Å².